The van der Waals surface area contributed by atoms with Crippen LogP contribution in [-0.2, 0) is 4.79 Å². The number of carbonyl (C=O) groups excluding carboxylic acids is 1. The first-order chi connectivity index (χ1) is 12.3. The van der Waals surface area contributed by atoms with Gasteiger partial charge in [-0.1, -0.05) is 23.2 Å². The number of amides is 1. The van der Waals surface area contributed by atoms with Crippen molar-refractivity contribution in [1.82, 2.24) is 0 Å². The van der Waals surface area contributed by atoms with Crippen LogP contribution in [0.4, 0.5) is 5.69 Å². The van der Waals surface area contributed by atoms with Crippen LogP contribution < -0.4 is 19.5 Å². The van der Waals surface area contributed by atoms with Crippen LogP contribution in [0.25, 0.3) is 0 Å². The maximum absolute atomic E-state index is 12.1. The summed E-state index contributed by atoms with van der Waals surface area (Å²) in [6.07, 6.45) is 0. The second-order valence-electron chi connectivity index (χ2n) is 4.97. The highest BCUT2D eigenvalue weighted by Gasteiger charge is 2.18. The molecular weight excluding hydrogens is 385 g/mol. The number of methoxy groups -OCH3 is 2. The van der Waals surface area contributed by atoms with E-state index in [4.69, 9.17) is 37.4 Å². The molecule has 26 heavy (non-hydrogen) atoms. The summed E-state index contributed by atoms with van der Waals surface area (Å²) in [6, 6.07) is 7.19. The number of aromatic carboxylic acids is 1. The summed E-state index contributed by atoms with van der Waals surface area (Å²) in [5.41, 5.74) is -0.105. The van der Waals surface area contributed by atoms with Crippen LogP contribution in [0, 0.1) is 0 Å². The lowest BCUT2D eigenvalue weighted by molar-refractivity contribution is -0.118. The number of nitrogens with one attached hydrogen (secondary N) is 1. The minimum Gasteiger partial charge on any atom is -0.493 e. The fourth-order valence-corrected chi connectivity index (χ4v) is 2.54. The molecule has 2 N–H and O–H groups in total. The number of carbonyl (C=O) groups is 2. The zero-order valence-electron chi connectivity index (χ0n) is 13.8. The second kappa shape index (κ2) is 8.64. The first-order valence-electron chi connectivity index (χ1n) is 7.22. The van der Waals surface area contributed by atoms with Crippen LogP contribution in [0.5, 0.6) is 17.2 Å². The van der Waals surface area contributed by atoms with Crippen LogP contribution >= 0.6 is 23.2 Å². The van der Waals surface area contributed by atoms with Crippen molar-refractivity contribution in [3.05, 3.63) is 45.9 Å². The van der Waals surface area contributed by atoms with Gasteiger partial charge in [-0.15, -0.1) is 0 Å². The standard InChI is InChI=1S/C17H15Cl2NO6/c1-24-14-6-10(17(22)23)12(7-15(14)25-2)20-16(21)8-26-13-4-3-9(18)5-11(13)19/h3-7H,8H2,1-2H3,(H,20,21)(H,22,23). The summed E-state index contributed by atoms with van der Waals surface area (Å²) < 4.78 is 15.5. The average Bonchev–Trinajstić information content (AvgIpc) is 2.60. The van der Waals surface area contributed by atoms with Gasteiger partial charge in [-0.25, -0.2) is 4.79 Å². The van der Waals surface area contributed by atoms with Crippen molar-refractivity contribution in [2.75, 3.05) is 26.1 Å². The van der Waals surface area contributed by atoms with E-state index in [1.807, 2.05) is 0 Å². The summed E-state index contributed by atoms with van der Waals surface area (Å²) >= 11 is 11.8. The Hall–Kier alpha value is -2.64. The number of halogens is 2. The molecular formula is C17H15Cl2NO6. The summed E-state index contributed by atoms with van der Waals surface area (Å²) in [4.78, 5) is 23.5. The molecule has 0 spiro atoms. The third-order valence-electron chi connectivity index (χ3n) is 3.28. The summed E-state index contributed by atoms with van der Waals surface area (Å²) in [5, 5.41) is 12.5. The molecule has 0 aromatic heterocycles. The molecule has 2 aromatic carbocycles. The Morgan fingerprint density at radius 2 is 1.69 bits per heavy atom. The molecule has 0 bridgehead atoms. The maximum Gasteiger partial charge on any atom is 0.337 e. The van der Waals surface area contributed by atoms with E-state index in [9.17, 15) is 14.7 Å². The van der Waals surface area contributed by atoms with Crippen molar-refractivity contribution < 1.29 is 28.9 Å². The molecule has 0 atom stereocenters. The molecule has 1 amide bonds. The van der Waals surface area contributed by atoms with Gasteiger partial charge in [-0.2, -0.15) is 0 Å². The summed E-state index contributed by atoms with van der Waals surface area (Å²) in [6.45, 7) is -0.380. The zero-order chi connectivity index (χ0) is 19.3. The van der Waals surface area contributed by atoms with Crippen LogP contribution in [0.1, 0.15) is 10.4 Å². The van der Waals surface area contributed by atoms with Gasteiger partial charge in [0.05, 0.1) is 30.5 Å². The lowest BCUT2D eigenvalue weighted by Gasteiger charge is -2.14. The van der Waals surface area contributed by atoms with Gasteiger partial charge in [-0.05, 0) is 18.2 Å². The molecule has 138 valence electrons. The molecule has 0 unspecified atom stereocenters. The molecule has 0 saturated heterocycles. The van der Waals surface area contributed by atoms with Gasteiger partial charge in [0.25, 0.3) is 5.91 Å². The van der Waals surface area contributed by atoms with E-state index in [0.29, 0.717) is 5.02 Å². The average molecular weight is 400 g/mol. The molecule has 0 heterocycles. The van der Waals surface area contributed by atoms with Gasteiger partial charge in [0.2, 0.25) is 0 Å². The van der Waals surface area contributed by atoms with E-state index in [1.165, 1.54) is 38.5 Å². The Morgan fingerprint density at radius 3 is 2.27 bits per heavy atom. The monoisotopic (exact) mass is 399 g/mol. The highest BCUT2D eigenvalue weighted by Crippen LogP contribution is 2.33. The molecule has 9 heteroatoms. The Morgan fingerprint density at radius 1 is 1.04 bits per heavy atom. The minimum atomic E-state index is -1.23. The van der Waals surface area contributed by atoms with Crippen LogP contribution in [-0.4, -0.2) is 37.8 Å². The number of benzene rings is 2. The van der Waals surface area contributed by atoms with Crippen molar-refractivity contribution >= 4 is 40.8 Å². The number of rotatable bonds is 7. The Balaban J connectivity index is 2.16. The third-order valence-corrected chi connectivity index (χ3v) is 3.81. The highest BCUT2D eigenvalue weighted by molar-refractivity contribution is 6.35. The smallest absolute Gasteiger partial charge is 0.337 e. The number of anilines is 1. The minimum absolute atomic E-state index is 0.0472. The van der Waals surface area contributed by atoms with E-state index < -0.39 is 11.9 Å². The lowest BCUT2D eigenvalue weighted by Crippen LogP contribution is -2.21. The van der Waals surface area contributed by atoms with Gasteiger partial charge < -0.3 is 24.6 Å². The Labute approximate surface area is 159 Å². The number of hydrogen-bond acceptors (Lipinski definition) is 5. The van der Waals surface area contributed by atoms with E-state index in [0.717, 1.165) is 0 Å². The fraction of sp³-hybridized carbons (Fsp3) is 0.176. The molecule has 7 nitrogen and oxygen atoms in total. The van der Waals surface area contributed by atoms with Gasteiger partial charge >= 0.3 is 5.97 Å². The Bertz CT molecular complexity index is 840. The predicted octanol–water partition coefficient (Wildman–Crippen LogP) is 3.73. The molecule has 2 rings (SSSR count). The lowest BCUT2D eigenvalue weighted by atomic mass is 10.1. The maximum atomic E-state index is 12.1. The number of ether oxygens (including phenoxy) is 3. The first kappa shape index (κ1) is 19.7. The van der Waals surface area contributed by atoms with Gasteiger partial charge in [0.1, 0.15) is 5.75 Å². The van der Waals surface area contributed by atoms with Crippen molar-refractivity contribution in [2.24, 2.45) is 0 Å². The molecule has 0 aliphatic carbocycles. The molecule has 0 fully saturated rings. The van der Waals surface area contributed by atoms with Crippen molar-refractivity contribution in [1.29, 1.82) is 0 Å². The van der Waals surface area contributed by atoms with Crippen LogP contribution in [0.3, 0.4) is 0 Å². The van der Waals surface area contributed by atoms with Crippen LogP contribution in [0.15, 0.2) is 30.3 Å². The molecule has 0 saturated carbocycles. The van der Waals surface area contributed by atoms with Crippen LogP contribution in [0.2, 0.25) is 10.0 Å². The van der Waals surface area contributed by atoms with Crippen molar-refractivity contribution in [2.45, 2.75) is 0 Å². The molecule has 0 aliphatic heterocycles. The van der Waals surface area contributed by atoms with E-state index in [-0.39, 0.29) is 40.1 Å². The van der Waals surface area contributed by atoms with E-state index in [1.54, 1.807) is 6.07 Å². The van der Waals surface area contributed by atoms with Crippen molar-refractivity contribution in [3.8, 4) is 17.2 Å². The molecule has 0 aliphatic rings. The normalized spacial score (nSPS) is 10.2. The van der Waals surface area contributed by atoms with E-state index >= 15 is 0 Å². The quantitative estimate of drug-likeness (QED) is 0.736. The number of carboxylic acid groups (broad SMARTS) is 1. The fourth-order valence-electron chi connectivity index (χ4n) is 2.08. The second-order valence-corrected chi connectivity index (χ2v) is 5.81. The topological polar surface area (TPSA) is 94.1 Å². The zero-order valence-corrected chi connectivity index (χ0v) is 15.4. The predicted molar refractivity (Wildman–Crippen MR) is 97.1 cm³/mol. The largest absolute Gasteiger partial charge is 0.493 e. The van der Waals surface area contributed by atoms with E-state index in [2.05, 4.69) is 5.32 Å². The van der Waals surface area contributed by atoms with Gasteiger partial charge in [0, 0.05) is 17.2 Å². The first-order valence-corrected chi connectivity index (χ1v) is 7.98. The Kier molecular flexibility index (Phi) is 6.54. The highest BCUT2D eigenvalue weighted by atomic mass is 35.5. The summed E-state index contributed by atoms with van der Waals surface area (Å²) in [7, 11) is 2.78. The SMILES string of the molecule is COc1cc(NC(=O)COc2ccc(Cl)cc2Cl)c(C(=O)O)cc1OC. The van der Waals surface area contributed by atoms with Gasteiger partial charge in [0.15, 0.2) is 18.1 Å². The third kappa shape index (κ3) is 4.71. The number of hydrogen-bond donors (Lipinski definition) is 2. The summed E-state index contributed by atoms with van der Waals surface area (Å²) in [5.74, 6) is -1.04. The molecule has 2 aromatic rings. The van der Waals surface area contributed by atoms with Gasteiger partial charge in [-0.3, -0.25) is 4.79 Å². The number of carboxylic acids is 1. The molecule has 0 radical (unpaired) electrons. The van der Waals surface area contributed by atoms with Crippen molar-refractivity contribution in [3.63, 3.8) is 0 Å².